The molecule has 0 amide bonds. The number of rotatable bonds is 0. The molecule has 2 nitrogen and oxygen atoms in total. The Hall–Kier alpha value is 0.870. The van der Waals surface area contributed by atoms with E-state index in [1.165, 1.54) is 10.7 Å². The lowest BCUT2D eigenvalue weighted by Crippen LogP contribution is -3.00. The highest BCUT2D eigenvalue weighted by Gasteiger charge is 2.39. The molecule has 0 saturated carbocycles. The average Bonchev–Trinajstić information content (AvgIpc) is 2.45. The van der Waals surface area contributed by atoms with Crippen LogP contribution in [-0.4, -0.2) is 20.5 Å². The zero-order valence-electron chi connectivity index (χ0n) is 6.38. The number of thioether (sulfide) groups is 2. The summed E-state index contributed by atoms with van der Waals surface area (Å²) in [5.74, 6) is 1.10. The van der Waals surface area contributed by atoms with Gasteiger partial charge in [0.25, 0.3) is 0 Å². The Bertz CT molecular complexity index is 242. The number of nitrogens with one attached hydrogen (secondary N) is 1. The lowest BCUT2D eigenvalue weighted by Gasteiger charge is -2.04. The lowest BCUT2D eigenvalue weighted by atomic mass is 10.6. The minimum atomic E-state index is 0. The first kappa shape index (κ1) is 10.9. The predicted octanol–water partition coefficient (Wildman–Crippen LogP) is -2.28. The van der Waals surface area contributed by atoms with Crippen LogP contribution in [0.3, 0.4) is 0 Å². The normalized spacial score (nSPS) is 30.2. The van der Waals surface area contributed by atoms with E-state index < -0.39 is 0 Å². The van der Waals surface area contributed by atoms with Crippen molar-refractivity contribution >= 4 is 44.5 Å². The molecule has 0 aromatic heterocycles. The van der Waals surface area contributed by atoms with Gasteiger partial charge in [-0.05, 0) is 11.8 Å². The minimum Gasteiger partial charge on any atom is -1.00 e. The highest BCUT2D eigenvalue weighted by molar-refractivity contribution is 9.11. The first-order valence-corrected chi connectivity index (χ1v) is 6.12. The summed E-state index contributed by atoms with van der Waals surface area (Å²) in [5, 5.41) is 6.80. The molecule has 1 unspecified atom stereocenters. The van der Waals surface area contributed by atoms with Gasteiger partial charge in [-0.2, -0.15) is 0 Å². The molecule has 2 aliphatic heterocycles. The quantitative estimate of drug-likeness (QED) is 0.539. The van der Waals surface area contributed by atoms with Crippen LogP contribution < -0.4 is 22.1 Å². The van der Waals surface area contributed by atoms with E-state index in [-0.39, 0.29) is 17.0 Å². The molecule has 0 aliphatic carbocycles. The van der Waals surface area contributed by atoms with Crippen LogP contribution in [0.2, 0.25) is 0 Å². The van der Waals surface area contributed by atoms with E-state index in [9.17, 15) is 0 Å². The first-order valence-electron chi connectivity index (χ1n) is 3.28. The molecule has 2 heterocycles. The molecule has 1 saturated heterocycles. The van der Waals surface area contributed by atoms with E-state index in [0.717, 1.165) is 5.75 Å². The van der Waals surface area contributed by atoms with Gasteiger partial charge in [-0.1, -0.05) is 15.9 Å². The van der Waals surface area contributed by atoms with Crippen LogP contribution in [0, 0.1) is 0 Å². The summed E-state index contributed by atoms with van der Waals surface area (Å²) in [7, 11) is 0. The zero-order chi connectivity index (χ0) is 7.84. The largest absolute Gasteiger partial charge is 1.00 e. The monoisotopic (exact) mass is 330 g/mol. The van der Waals surface area contributed by atoms with Crippen LogP contribution in [0.5, 0.6) is 0 Å². The van der Waals surface area contributed by atoms with E-state index in [1.807, 2.05) is 28.5 Å². The Balaban J connectivity index is 0.000000720. The lowest BCUT2D eigenvalue weighted by molar-refractivity contribution is -0.623. The van der Waals surface area contributed by atoms with Crippen LogP contribution >= 0.6 is 39.5 Å². The van der Waals surface area contributed by atoms with Crippen molar-refractivity contribution < 1.29 is 22.1 Å². The Labute approximate surface area is 99.1 Å². The van der Waals surface area contributed by atoms with Gasteiger partial charge in [-0.25, -0.2) is 0 Å². The van der Waals surface area contributed by atoms with E-state index in [0.29, 0.717) is 4.71 Å². The summed E-state index contributed by atoms with van der Waals surface area (Å²) in [4.78, 5) is 1.99. The van der Waals surface area contributed by atoms with Crippen LogP contribution in [0.4, 0.5) is 0 Å². The molecule has 1 N–H and O–H groups in total. The highest BCUT2D eigenvalue weighted by atomic mass is 79.9. The van der Waals surface area contributed by atoms with Gasteiger partial charge < -0.3 is 17.0 Å². The van der Waals surface area contributed by atoms with Crippen molar-refractivity contribution in [3.05, 3.63) is 10.7 Å². The summed E-state index contributed by atoms with van der Waals surface area (Å²) in [6.07, 6.45) is 0. The average molecular weight is 332 g/mol. The molecule has 0 radical (unpaired) electrons. The van der Waals surface area contributed by atoms with Crippen molar-refractivity contribution in [2.75, 3.05) is 5.75 Å². The number of hydrogen-bond donors (Lipinski definition) is 1. The van der Waals surface area contributed by atoms with E-state index in [1.54, 1.807) is 0 Å². The minimum absolute atomic E-state index is 0. The van der Waals surface area contributed by atoms with Crippen molar-refractivity contribution in [2.45, 2.75) is 11.6 Å². The maximum Gasteiger partial charge on any atom is 0.237 e. The molecule has 1 fully saturated rings. The molecule has 12 heavy (non-hydrogen) atoms. The van der Waals surface area contributed by atoms with Gasteiger partial charge >= 0.3 is 0 Å². The van der Waals surface area contributed by atoms with Crippen LogP contribution in [0.15, 0.2) is 10.7 Å². The number of nitrogens with zero attached hydrogens (tertiary/aromatic N) is 1. The fourth-order valence-electron chi connectivity index (χ4n) is 1.08. The second-order valence-corrected chi connectivity index (χ2v) is 5.49. The topological polar surface area (TPSA) is 17.2 Å². The van der Waals surface area contributed by atoms with E-state index in [2.05, 4.69) is 33.0 Å². The molecular weight excluding hydrogens is 324 g/mol. The number of hydrazine groups is 1. The van der Waals surface area contributed by atoms with Crippen molar-refractivity contribution in [1.29, 1.82) is 0 Å². The third-order valence-electron chi connectivity index (χ3n) is 1.58. The van der Waals surface area contributed by atoms with Gasteiger partial charge in [-0.15, -0.1) is 21.9 Å². The molecule has 2 rings (SSSR count). The standard InChI is InChI=1S/C6H7BrN2S2.BrH/c1-4-8-9-5(2-7)3-10-6(9)11-4;/h2,6H,3H2,1H3;1H. The maximum absolute atomic E-state index is 3.36. The first-order chi connectivity index (χ1) is 5.31. The predicted molar refractivity (Wildman–Crippen MR) is 54.3 cm³/mol. The second kappa shape index (κ2) is 4.39. The maximum atomic E-state index is 3.36. The molecule has 0 aromatic rings. The Kier molecular flexibility index (Phi) is 4.01. The van der Waals surface area contributed by atoms with E-state index >= 15 is 0 Å². The molecular formula is C6H8Br2N2S2. The molecule has 0 bridgehead atoms. The second-order valence-electron chi connectivity index (χ2n) is 2.37. The molecule has 6 heteroatoms. The smallest absolute Gasteiger partial charge is 0.237 e. The van der Waals surface area contributed by atoms with Gasteiger partial charge in [0, 0.05) is 17.7 Å². The fourth-order valence-corrected chi connectivity index (χ4v) is 4.20. The Morgan fingerprint density at radius 2 is 2.50 bits per heavy atom. The number of fused-ring (bicyclic) bond motifs is 1. The van der Waals surface area contributed by atoms with Crippen molar-refractivity contribution in [2.24, 2.45) is 0 Å². The Morgan fingerprint density at radius 1 is 1.75 bits per heavy atom. The zero-order valence-corrected chi connectivity index (χ0v) is 11.2. The molecule has 2 aliphatic rings. The highest BCUT2D eigenvalue weighted by Crippen LogP contribution is 2.37. The summed E-state index contributed by atoms with van der Waals surface area (Å²) < 4.78 is 0.554. The van der Waals surface area contributed by atoms with Gasteiger partial charge in [0.2, 0.25) is 5.04 Å². The van der Waals surface area contributed by atoms with Crippen LogP contribution in [0.25, 0.3) is 0 Å². The van der Waals surface area contributed by atoms with Crippen molar-refractivity contribution in [3.8, 4) is 0 Å². The number of hydrazone groups is 1. The molecule has 0 aromatic carbocycles. The Morgan fingerprint density at radius 3 is 3.17 bits per heavy atom. The van der Waals surface area contributed by atoms with Crippen LogP contribution in [-0.2, 0) is 0 Å². The van der Waals surface area contributed by atoms with Crippen molar-refractivity contribution in [1.82, 2.24) is 5.01 Å². The molecule has 1 atom stereocenters. The van der Waals surface area contributed by atoms with Gasteiger partial charge in [0.1, 0.15) is 0 Å². The summed E-state index contributed by atoms with van der Waals surface area (Å²) >= 11 is 7.20. The molecule has 68 valence electrons. The van der Waals surface area contributed by atoms with Gasteiger partial charge in [-0.3, -0.25) is 0 Å². The summed E-state index contributed by atoms with van der Waals surface area (Å²) in [5.41, 5.74) is 1.32. The van der Waals surface area contributed by atoms with Gasteiger partial charge in [0.05, 0.1) is 5.70 Å². The summed E-state index contributed by atoms with van der Waals surface area (Å²) in [6, 6.07) is 0. The number of halogens is 2. The van der Waals surface area contributed by atoms with Gasteiger partial charge in [0.15, 0.2) is 4.71 Å². The fraction of sp³-hybridized carbons (Fsp3) is 0.500. The summed E-state index contributed by atoms with van der Waals surface area (Å²) in [6.45, 7) is 2.11. The number of hydrogen-bond acceptors (Lipinski definition) is 3. The van der Waals surface area contributed by atoms with Crippen LogP contribution in [0.1, 0.15) is 6.92 Å². The van der Waals surface area contributed by atoms with Crippen molar-refractivity contribution in [3.63, 3.8) is 0 Å². The van der Waals surface area contributed by atoms with E-state index in [4.69, 9.17) is 0 Å². The third kappa shape index (κ3) is 1.86. The SMILES string of the molecule is CC1=[NH+]N2C(=CBr)CSC2S1.[Br-]. The molecule has 0 spiro atoms. The third-order valence-corrected chi connectivity index (χ3v) is 4.62.